The van der Waals surface area contributed by atoms with E-state index in [9.17, 15) is 4.79 Å². The fourth-order valence-corrected chi connectivity index (χ4v) is 3.61. The number of fused-ring (bicyclic) bond motifs is 1. The van der Waals surface area contributed by atoms with Gasteiger partial charge in [-0.3, -0.25) is 9.89 Å². The number of nitrogens with zero attached hydrogens (tertiary/aromatic N) is 5. The van der Waals surface area contributed by atoms with Gasteiger partial charge in [-0.25, -0.2) is 9.97 Å². The molecule has 0 spiro atoms. The second-order valence-electron chi connectivity index (χ2n) is 6.83. The van der Waals surface area contributed by atoms with Gasteiger partial charge in [-0.2, -0.15) is 0 Å². The molecule has 1 amide bonds. The first-order valence-electron chi connectivity index (χ1n) is 9.23. The Kier molecular flexibility index (Phi) is 4.01. The predicted molar refractivity (Wildman–Crippen MR) is 105 cm³/mol. The number of anilines is 1. The van der Waals surface area contributed by atoms with Gasteiger partial charge in [-0.1, -0.05) is 30.3 Å². The van der Waals surface area contributed by atoms with Crippen molar-refractivity contribution in [2.45, 2.75) is 12.5 Å². The van der Waals surface area contributed by atoms with Gasteiger partial charge in [-0.15, -0.1) is 5.10 Å². The molecule has 1 atom stereocenters. The van der Waals surface area contributed by atoms with Crippen LogP contribution in [0.2, 0.25) is 0 Å². The zero-order valence-electron chi connectivity index (χ0n) is 15.1. The Morgan fingerprint density at radius 1 is 1.14 bits per heavy atom. The quantitative estimate of drug-likeness (QED) is 0.572. The van der Waals surface area contributed by atoms with Gasteiger partial charge in [-0.05, 0) is 18.6 Å². The molecule has 8 nitrogen and oxygen atoms in total. The highest BCUT2D eigenvalue weighted by Gasteiger charge is 2.27. The first kappa shape index (κ1) is 16.5. The molecule has 4 heterocycles. The lowest BCUT2D eigenvalue weighted by atomic mass is 10.2. The number of aromatic amines is 1. The minimum absolute atomic E-state index is 0.0307. The third-order valence-electron chi connectivity index (χ3n) is 4.99. The summed E-state index contributed by atoms with van der Waals surface area (Å²) in [6.07, 6.45) is 6.59. The van der Waals surface area contributed by atoms with E-state index < -0.39 is 0 Å². The summed E-state index contributed by atoms with van der Waals surface area (Å²) >= 11 is 0. The Morgan fingerprint density at radius 3 is 2.93 bits per heavy atom. The molecule has 2 N–H and O–H groups in total. The van der Waals surface area contributed by atoms with Crippen molar-refractivity contribution in [1.29, 1.82) is 0 Å². The van der Waals surface area contributed by atoms with Gasteiger partial charge in [0, 0.05) is 43.3 Å². The zero-order chi connectivity index (χ0) is 18.9. The van der Waals surface area contributed by atoms with Crippen LogP contribution < -0.4 is 10.2 Å². The molecule has 0 saturated carbocycles. The Labute approximate surface area is 161 Å². The first-order valence-corrected chi connectivity index (χ1v) is 9.23. The van der Waals surface area contributed by atoms with Crippen LogP contribution in [-0.4, -0.2) is 49.6 Å². The van der Waals surface area contributed by atoms with Crippen LogP contribution in [0.5, 0.6) is 0 Å². The van der Waals surface area contributed by atoms with Crippen LogP contribution in [0.15, 0.2) is 61.1 Å². The normalized spacial score (nSPS) is 16.6. The van der Waals surface area contributed by atoms with Crippen molar-refractivity contribution in [3.63, 3.8) is 0 Å². The summed E-state index contributed by atoms with van der Waals surface area (Å²) in [5.41, 5.74) is 1.96. The van der Waals surface area contributed by atoms with Gasteiger partial charge in [0.1, 0.15) is 0 Å². The number of carbonyl (C=O) groups excluding carboxylic acids is 1. The predicted octanol–water partition coefficient (Wildman–Crippen LogP) is 2.13. The highest BCUT2D eigenvalue weighted by molar-refractivity contribution is 5.91. The molecule has 0 aliphatic carbocycles. The topological polar surface area (TPSA) is 91.2 Å². The molecule has 8 heteroatoms. The number of amides is 1. The van der Waals surface area contributed by atoms with Crippen molar-refractivity contribution >= 4 is 17.2 Å². The number of aromatic nitrogens is 5. The Balaban J connectivity index is 1.27. The summed E-state index contributed by atoms with van der Waals surface area (Å²) in [6.45, 7) is 1.55. The van der Waals surface area contributed by atoms with Crippen LogP contribution >= 0.6 is 0 Å². The zero-order valence-corrected chi connectivity index (χ0v) is 15.1. The average Bonchev–Trinajstić information content (AvgIpc) is 3.48. The highest BCUT2D eigenvalue weighted by Crippen LogP contribution is 2.23. The number of hydrogen-bond acceptors (Lipinski definition) is 5. The van der Waals surface area contributed by atoms with Crippen molar-refractivity contribution in [3.05, 3.63) is 66.9 Å². The molecule has 140 valence electrons. The van der Waals surface area contributed by atoms with E-state index in [4.69, 9.17) is 0 Å². The van der Waals surface area contributed by atoms with E-state index in [0.29, 0.717) is 12.4 Å². The van der Waals surface area contributed by atoms with Crippen molar-refractivity contribution in [2.24, 2.45) is 0 Å². The number of hydrogen-bond donors (Lipinski definition) is 2. The summed E-state index contributed by atoms with van der Waals surface area (Å²) < 4.78 is 2.05. The second kappa shape index (κ2) is 6.80. The summed E-state index contributed by atoms with van der Waals surface area (Å²) in [7, 11) is 0. The minimum Gasteiger partial charge on any atom is -0.353 e. The molecular formula is C20H19N7O. The summed E-state index contributed by atoms with van der Waals surface area (Å²) in [4.78, 5) is 23.6. The Morgan fingerprint density at radius 2 is 2.04 bits per heavy atom. The summed E-state index contributed by atoms with van der Waals surface area (Å²) in [6, 6.07) is 13.7. The SMILES string of the molecule is O=C(N[C@H]1CCN(c2nccn3cccc23)C1)c1n[nH]c(-c2ccccc2)n1. The molecule has 0 unspecified atom stereocenters. The van der Waals surface area contributed by atoms with E-state index >= 15 is 0 Å². The van der Waals surface area contributed by atoms with Gasteiger partial charge in [0.2, 0.25) is 5.82 Å². The number of H-pyrrole nitrogens is 1. The lowest BCUT2D eigenvalue weighted by molar-refractivity contribution is 0.0930. The van der Waals surface area contributed by atoms with Crippen LogP contribution in [-0.2, 0) is 0 Å². The van der Waals surface area contributed by atoms with Crippen LogP contribution in [0.1, 0.15) is 17.0 Å². The van der Waals surface area contributed by atoms with E-state index in [0.717, 1.165) is 29.9 Å². The largest absolute Gasteiger partial charge is 0.353 e. The third kappa shape index (κ3) is 2.98. The van der Waals surface area contributed by atoms with Crippen molar-refractivity contribution in [3.8, 4) is 11.4 Å². The summed E-state index contributed by atoms with van der Waals surface area (Å²) in [5.74, 6) is 1.42. The van der Waals surface area contributed by atoms with Gasteiger partial charge < -0.3 is 14.6 Å². The van der Waals surface area contributed by atoms with Crippen molar-refractivity contribution in [1.82, 2.24) is 29.9 Å². The fraction of sp³-hybridized carbons (Fsp3) is 0.200. The molecular weight excluding hydrogens is 354 g/mol. The molecule has 1 aliphatic rings. The lowest BCUT2D eigenvalue weighted by Gasteiger charge is -2.18. The Bertz CT molecular complexity index is 1120. The third-order valence-corrected chi connectivity index (χ3v) is 4.99. The molecule has 0 bridgehead atoms. The second-order valence-corrected chi connectivity index (χ2v) is 6.83. The van der Waals surface area contributed by atoms with Gasteiger partial charge in [0.25, 0.3) is 5.91 Å². The van der Waals surface area contributed by atoms with E-state index in [1.54, 1.807) is 6.20 Å². The average molecular weight is 373 g/mol. The molecule has 1 aromatic carbocycles. The maximum atomic E-state index is 12.6. The van der Waals surface area contributed by atoms with Gasteiger partial charge in [0.05, 0.1) is 5.52 Å². The standard InChI is InChI=1S/C20H19N7O/c28-20(18-23-17(24-25-18)14-5-2-1-3-6-14)22-15-8-11-27(13-15)19-16-7-4-10-26(16)12-9-21-19/h1-7,9-10,12,15H,8,11,13H2,(H,22,28)(H,23,24,25)/t15-/m0/s1. The molecule has 1 fully saturated rings. The molecule has 3 aromatic heterocycles. The van der Waals surface area contributed by atoms with Gasteiger partial charge in [0.15, 0.2) is 11.6 Å². The maximum absolute atomic E-state index is 12.6. The molecule has 5 rings (SSSR count). The van der Waals surface area contributed by atoms with Crippen LogP contribution in [0.4, 0.5) is 5.82 Å². The molecule has 1 saturated heterocycles. The monoisotopic (exact) mass is 373 g/mol. The van der Waals surface area contributed by atoms with E-state index in [1.165, 1.54) is 0 Å². The smallest absolute Gasteiger partial charge is 0.291 e. The number of benzene rings is 1. The van der Waals surface area contributed by atoms with Gasteiger partial charge >= 0.3 is 0 Å². The molecule has 4 aromatic rings. The van der Waals surface area contributed by atoms with E-state index in [2.05, 4.69) is 30.4 Å². The Hall–Kier alpha value is -3.68. The number of carbonyl (C=O) groups is 1. The lowest BCUT2D eigenvalue weighted by Crippen LogP contribution is -2.37. The van der Waals surface area contributed by atoms with E-state index in [1.807, 2.05) is 59.3 Å². The fourth-order valence-electron chi connectivity index (χ4n) is 3.61. The highest BCUT2D eigenvalue weighted by atomic mass is 16.2. The summed E-state index contributed by atoms with van der Waals surface area (Å²) in [5, 5.41) is 9.94. The number of nitrogens with one attached hydrogen (secondary N) is 2. The number of rotatable bonds is 4. The van der Waals surface area contributed by atoms with Crippen LogP contribution in [0.25, 0.3) is 16.9 Å². The van der Waals surface area contributed by atoms with E-state index in [-0.39, 0.29) is 17.8 Å². The molecule has 0 radical (unpaired) electrons. The molecule has 28 heavy (non-hydrogen) atoms. The minimum atomic E-state index is -0.265. The maximum Gasteiger partial charge on any atom is 0.291 e. The van der Waals surface area contributed by atoms with Crippen LogP contribution in [0, 0.1) is 0 Å². The first-order chi connectivity index (χ1) is 13.8. The van der Waals surface area contributed by atoms with Crippen molar-refractivity contribution < 1.29 is 4.79 Å². The molecule has 1 aliphatic heterocycles. The van der Waals surface area contributed by atoms with Crippen LogP contribution in [0.3, 0.4) is 0 Å². The van der Waals surface area contributed by atoms with Crippen molar-refractivity contribution in [2.75, 3.05) is 18.0 Å².